The minimum atomic E-state index is -1.60. The van der Waals surface area contributed by atoms with Crippen LogP contribution in [0.2, 0.25) is 0 Å². The van der Waals surface area contributed by atoms with E-state index in [1.54, 1.807) is 12.1 Å². The number of amides is 2. The first-order valence-corrected chi connectivity index (χ1v) is 28.8. The van der Waals surface area contributed by atoms with E-state index >= 15 is 0 Å². The maximum absolute atomic E-state index is 10.9. The summed E-state index contributed by atoms with van der Waals surface area (Å²) in [5.41, 5.74) is -3.29. The molecule has 2 amide bonds. The molecule has 0 radical (unpaired) electrons. The van der Waals surface area contributed by atoms with Gasteiger partial charge in [0.1, 0.15) is 11.6 Å². The van der Waals surface area contributed by atoms with Gasteiger partial charge in [0, 0.05) is 11.5 Å². The van der Waals surface area contributed by atoms with Gasteiger partial charge in [-0.2, -0.15) is 0 Å². The summed E-state index contributed by atoms with van der Waals surface area (Å²) in [4.78, 5) is 216. The molecule has 0 saturated carbocycles. The number of hydrogen-bond donors (Lipinski definition) is 21. The topological polar surface area (TPSA) is 808 Å². The highest BCUT2D eigenvalue weighted by Gasteiger charge is 2.42. The number of aromatic amines is 1. The van der Waals surface area contributed by atoms with Crippen LogP contribution in [0.15, 0.2) is 125 Å². The van der Waals surface area contributed by atoms with Crippen LogP contribution in [-0.2, 0) is 14.4 Å². The van der Waals surface area contributed by atoms with Gasteiger partial charge in [-0.15, -0.1) is 0 Å². The zero-order valence-corrected chi connectivity index (χ0v) is 54.1. The standard InChI is InChI=1S/C12H8O4.C10H5NO7.2C8H6O4.C7H4N2O6.C6H8N2O6.C5H4N2O4.C5H5NO4S/c13-11(14)9-5-1-3-7-8(9)4-2-6-10(7)12(15)16;12-8(13)3-1-4(9(14)15)6-5(2-3)18-7(11-6)10(16)17;9-7(10)5-1-2-6(4-3-5)8(11)12;9-7(10)5-3-1-2-4-6(5)8(11)12;10-5(11)2-1-3(6(12)13)9-4(8-2)7(14)15;9-4(10)2-1-8(6(13)14)3(7-2)5(11)12;8-4(9)2-3(5(10)11)7-1-6-2;7-4(8)3-1-6(5(9)10)11-2-3/h1-6H,(H,13,14)(H,15,16);1-2H,(H,12,13)(H,14,15)(H,16,17);2*1-4H,(H,9,10)(H,11,12);1H,(H,10,11)(H,12,13)(H,14,15);2-3,7H,1H2,(H,9,10)(H,11,12)(H,13,14);1H,(H,6,7)(H,8,9)(H,10,11);2H,1H2,(H,7,8)(H,9,10). The molecule has 1 saturated heterocycles. The van der Waals surface area contributed by atoms with Crippen molar-refractivity contribution in [1.82, 2.24) is 39.4 Å². The molecule has 48 heteroatoms. The summed E-state index contributed by atoms with van der Waals surface area (Å²) in [6.07, 6.45) is -3.06. The number of rotatable bonds is 17. The Bertz CT molecular complexity index is 4780. The van der Waals surface area contributed by atoms with E-state index in [2.05, 4.69) is 30.2 Å². The molecule has 2 aliphatic rings. The molecule has 0 spiro atoms. The molecule has 1 fully saturated rings. The summed E-state index contributed by atoms with van der Waals surface area (Å²) in [5, 5.41) is 167. The van der Waals surface area contributed by atoms with Crippen LogP contribution in [0.3, 0.4) is 0 Å². The highest BCUT2D eigenvalue weighted by molar-refractivity contribution is 8.00. The zero-order valence-electron chi connectivity index (χ0n) is 53.3. The van der Waals surface area contributed by atoms with Crippen LogP contribution in [-0.4, -0.2) is 270 Å². The molecule has 0 bridgehead atoms. The molecule has 570 valence electrons. The monoisotopic (exact) mass is 1550 g/mol. The molecule has 5 heterocycles. The number of imidazole rings is 1. The Morgan fingerprint density at radius 1 is 0.413 bits per heavy atom. The van der Waals surface area contributed by atoms with Crippen molar-refractivity contribution >= 4 is 147 Å². The van der Waals surface area contributed by atoms with Crippen LogP contribution in [0, 0.1) is 0 Å². The van der Waals surface area contributed by atoms with Crippen molar-refractivity contribution in [2.24, 2.45) is 0 Å². The second kappa shape index (κ2) is 39.2. The van der Waals surface area contributed by atoms with Gasteiger partial charge in [-0.1, -0.05) is 36.4 Å². The van der Waals surface area contributed by atoms with E-state index in [1.165, 1.54) is 78.2 Å². The van der Waals surface area contributed by atoms with Gasteiger partial charge in [-0.25, -0.2) is 111 Å². The third kappa shape index (κ3) is 25.0. The van der Waals surface area contributed by atoms with Crippen molar-refractivity contribution < 1.29 is 193 Å². The number of fused-ring (bicyclic) bond motifs is 2. The zero-order chi connectivity index (χ0) is 82.8. The summed E-state index contributed by atoms with van der Waals surface area (Å²) in [6.45, 7) is -0.420. The first-order valence-electron chi connectivity index (χ1n) is 28.0. The summed E-state index contributed by atoms with van der Waals surface area (Å²) < 4.78 is 5.72. The Morgan fingerprint density at radius 2 is 0.862 bits per heavy atom. The molecule has 10 rings (SSSR count). The van der Waals surface area contributed by atoms with Crippen molar-refractivity contribution in [2.45, 2.75) is 12.2 Å². The SMILES string of the molecule is O=C(O)C1=CSN(C(=O)O)C1.O=C(O)C1CN(C(=O)O)C(C(=O)O)N1.O=C(O)c1cc(C(=O)O)c2nc(C(=O)O)oc2c1.O=C(O)c1cc(C(=O)O)nc(C(=O)O)n1.O=C(O)c1ccc(C(=O)O)cc1.O=C(O)c1cccc2c(C(=O)O)cccc12.O=C(O)c1ccccc1C(=O)O.O=C(O)c1nc[nH]c1C(=O)O. The lowest BCUT2D eigenvalue weighted by Crippen LogP contribution is -2.46. The number of H-pyrrole nitrogens is 1. The number of aliphatic carboxylic acids is 3. The second-order valence-corrected chi connectivity index (χ2v) is 20.6. The Kier molecular flexibility index (Phi) is 31.3. The fraction of sp³-hybridized carbons (Fsp3) is 0.0656. The maximum atomic E-state index is 10.9. The minimum Gasteiger partial charge on any atom is -0.480 e. The molecule has 3 aromatic heterocycles. The average Bonchev–Trinajstić information content (AvgIpc) is 1.69. The van der Waals surface area contributed by atoms with Crippen LogP contribution >= 0.6 is 11.9 Å². The van der Waals surface area contributed by atoms with Gasteiger partial charge < -0.3 is 106 Å². The molecule has 109 heavy (non-hydrogen) atoms. The van der Waals surface area contributed by atoms with Gasteiger partial charge in [-0.05, 0) is 83.4 Å². The van der Waals surface area contributed by atoms with Crippen LogP contribution < -0.4 is 5.32 Å². The van der Waals surface area contributed by atoms with Gasteiger partial charge in [0.2, 0.25) is 5.82 Å². The Hall–Kier alpha value is -16.3. The number of aromatic carboxylic acids is 14. The molecule has 2 aliphatic heterocycles. The maximum Gasteiger partial charge on any atom is 0.417 e. The van der Waals surface area contributed by atoms with Crippen LogP contribution in [0.5, 0.6) is 0 Å². The molecule has 2 atom stereocenters. The second-order valence-electron chi connectivity index (χ2n) is 19.7. The Balaban J connectivity index is 0.000000325. The van der Waals surface area contributed by atoms with E-state index in [4.69, 9.17) is 101 Å². The number of nitrogens with zero attached hydrogens (tertiary/aromatic N) is 6. The van der Waals surface area contributed by atoms with Crippen LogP contribution in [0.4, 0.5) is 9.59 Å². The van der Waals surface area contributed by atoms with Crippen molar-refractivity contribution in [2.75, 3.05) is 13.1 Å². The third-order valence-electron chi connectivity index (χ3n) is 12.7. The number of carbonyl (C=O) groups is 19. The number of nitrogens with one attached hydrogen (secondary N) is 2. The number of hydrogen-bond acceptors (Lipinski definition) is 26. The number of aromatic nitrogens is 5. The van der Waals surface area contributed by atoms with Crippen LogP contribution in [0.25, 0.3) is 21.9 Å². The smallest absolute Gasteiger partial charge is 0.417 e. The number of carboxylic acids is 17. The third-order valence-corrected chi connectivity index (χ3v) is 13.6. The Morgan fingerprint density at radius 3 is 1.17 bits per heavy atom. The van der Waals surface area contributed by atoms with E-state index < -0.39 is 166 Å². The first-order chi connectivity index (χ1) is 50.8. The normalized spacial score (nSPS) is 12.6. The minimum absolute atomic E-state index is 0.0463. The lowest BCUT2D eigenvalue weighted by Gasteiger charge is -2.15. The van der Waals surface area contributed by atoms with Gasteiger partial charge in [0.25, 0.3) is 0 Å². The van der Waals surface area contributed by atoms with E-state index in [-0.39, 0.29) is 68.7 Å². The van der Waals surface area contributed by atoms with Gasteiger partial charge >= 0.3 is 120 Å². The summed E-state index contributed by atoms with van der Waals surface area (Å²) in [5.74, 6) is -23.6. The lowest BCUT2D eigenvalue weighted by atomic mass is 10.0. The molecule has 5 aromatic carbocycles. The van der Waals surface area contributed by atoms with Gasteiger partial charge in [-0.3, -0.25) is 15.0 Å². The average molecular weight is 1550 g/mol. The predicted octanol–water partition coefficient (Wildman–Crippen LogP) is 3.73. The molecule has 47 nitrogen and oxygen atoms in total. The Labute approximate surface area is 602 Å². The molecular formula is C61H46N8O39S. The van der Waals surface area contributed by atoms with Crippen molar-refractivity contribution in [1.29, 1.82) is 0 Å². The quantitative estimate of drug-likeness (QED) is 0.0577. The summed E-state index contributed by atoms with van der Waals surface area (Å²) in [6, 6.07) is 21.1. The van der Waals surface area contributed by atoms with E-state index in [1.807, 2.05) is 0 Å². The highest BCUT2D eigenvalue weighted by atomic mass is 32.2. The molecule has 2 unspecified atom stereocenters. The number of benzene rings is 5. The van der Waals surface area contributed by atoms with Crippen molar-refractivity contribution in [3.63, 3.8) is 0 Å². The first kappa shape index (κ1) is 86.9. The van der Waals surface area contributed by atoms with E-state index in [0.29, 0.717) is 21.7 Å². The predicted molar refractivity (Wildman–Crippen MR) is 348 cm³/mol. The molecular weight excluding hydrogens is 1500 g/mol. The fourth-order valence-electron chi connectivity index (χ4n) is 7.85. The van der Waals surface area contributed by atoms with Crippen molar-refractivity contribution in [3.8, 4) is 0 Å². The number of oxazole rings is 1. The van der Waals surface area contributed by atoms with E-state index in [9.17, 15) is 91.1 Å². The van der Waals surface area contributed by atoms with Crippen molar-refractivity contribution in [3.05, 3.63) is 199 Å². The van der Waals surface area contributed by atoms with E-state index in [0.717, 1.165) is 34.7 Å². The molecule has 0 aliphatic carbocycles. The highest BCUT2D eigenvalue weighted by Crippen LogP contribution is 2.26. The van der Waals surface area contributed by atoms with Gasteiger partial charge in [0.15, 0.2) is 34.5 Å². The number of carboxylic acid groups (broad SMARTS) is 19. The molecule has 21 N–H and O–H groups in total. The summed E-state index contributed by atoms with van der Waals surface area (Å²) >= 11 is 0.878. The lowest BCUT2D eigenvalue weighted by molar-refractivity contribution is -0.142. The largest absolute Gasteiger partial charge is 0.480 e. The molecule has 8 aromatic rings. The van der Waals surface area contributed by atoms with Gasteiger partial charge in [0.05, 0.1) is 69.5 Å². The summed E-state index contributed by atoms with van der Waals surface area (Å²) in [7, 11) is 0. The van der Waals surface area contributed by atoms with Crippen LogP contribution in [0.1, 0.15) is 146 Å². The fourth-order valence-corrected chi connectivity index (χ4v) is 8.58.